The van der Waals surface area contributed by atoms with Gasteiger partial charge in [-0.05, 0) is 36.6 Å². The van der Waals surface area contributed by atoms with Crippen molar-refractivity contribution in [2.75, 3.05) is 6.61 Å². The number of rotatable bonds is 2. The SMILES string of the molecule is CCOC(=O)[C@@H]1[C@@H]2Cc3ccc(Cl)cc3[C@H]1OC2=O. The number of hydrogen-bond donors (Lipinski definition) is 0. The molecular formula is C14H13ClO4. The summed E-state index contributed by atoms with van der Waals surface area (Å²) in [6, 6.07) is 5.44. The van der Waals surface area contributed by atoms with Crippen LogP contribution in [0.1, 0.15) is 24.2 Å². The Morgan fingerprint density at radius 3 is 3.05 bits per heavy atom. The highest BCUT2D eigenvalue weighted by molar-refractivity contribution is 6.30. The van der Waals surface area contributed by atoms with Crippen molar-refractivity contribution in [2.45, 2.75) is 19.4 Å². The smallest absolute Gasteiger partial charge is 0.313 e. The van der Waals surface area contributed by atoms with Crippen LogP contribution < -0.4 is 0 Å². The predicted molar refractivity (Wildman–Crippen MR) is 67.6 cm³/mol. The molecule has 1 fully saturated rings. The number of fused-ring (bicyclic) bond motifs is 4. The van der Waals surface area contributed by atoms with Gasteiger partial charge in [0.2, 0.25) is 0 Å². The van der Waals surface area contributed by atoms with Crippen molar-refractivity contribution < 1.29 is 19.1 Å². The van der Waals surface area contributed by atoms with Gasteiger partial charge in [0.05, 0.1) is 12.5 Å². The van der Waals surface area contributed by atoms with E-state index < -0.39 is 17.9 Å². The van der Waals surface area contributed by atoms with Crippen molar-refractivity contribution in [1.29, 1.82) is 0 Å². The van der Waals surface area contributed by atoms with E-state index in [1.54, 1.807) is 19.1 Å². The van der Waals surface area contributed by atoms with Crippen molar-refractivity contribution in [1.82, 2.24) is 0 Å². The summed E-state index contributed by atoms with van der Waals surface area (Å²) in [7, 11) is 0. The molecule has 0 N–H and O–H groups in total. The Labute approximate surface area is 115 Å². The van der Waals surface area contributed by atoms with E-state index in [0.717, 1.165) is 11.1 Å². The maximum atomic E-state index is 12.0. The van der Waals surface area contributed by atoms with E-state index in [1.807, 2.05) is 6.07 Å². The number of carbonyl (C=O) groups excluding carboxylic acids is 2. The topological polar surface area (TPSA) is 52.6 Å². The van der Waals surface area contributed by atoms with E-state index >= 15 is 0 Å². The van der Waals surface area contributed by atoms with E-state index in [0.29, 0.717) is 18.1 Å². The molecule has 0 aromatic heterocycles. The fraction of sp³-hybridized carbons (Fsp3) is 0.429. The Morgan fingerprint density at radius 2 is 2.32 bits per heavy atom. The summed E-state index contributed by atoms with van der Waals surface area (Å²) in [4.78, 5) is 23.9. The third kappa shape index (κ3) is 1.91. The summed E-state index contributed by atoms with van der Waals surface area (Å²) in [5.74, 6) is -1.67. The van der Waals surface area contributed by atoms with Gasteiger partial charge in [-0.3, -0.25) is 9.59 Å². The lowest BCUT2D eigenvalue weighted by molar-refractivity contribution is -0.151. The lowest BCUT2D eigenvalue weighted by Crippen LogP contribution is -2.32. The maximum absolute atomic E-state index is 12.0. The van der Waals surface area contributed by atoms with Crippen LogP contribution in [0.3, 0.4) is 0 Å². The van der Waals surface area contributed by atoms with Crippen molar-refractivity contribution >= 4 is 23.5 Å². The lowest BCUT2D eigenvalue weighted by Gasteiger charge is -2.26. The molecule has 1 heterocycles. The molecule has 1 aromatic rings. The zero-order chi connectivity index (χ0) is 13.6. The van der Waals surface area contributed by atoms with Crippen LogP contribution in [0.5, 0.6) is 0 Å². The summed E-state index contributed by atoms with van der Waals surface area (Å²) in [6.45, 7) is 2.04. The minimum atomic E-state index is -0.556. The van der Waals surface area contributed by atoms with Gasteiger partial charge >= 0.3 is 11.9 Å². The molecule has 3 atom stereocenters. The number of carbonyl (C=O) groups is 2. The summed E-state index contributed by atoms with van der Waals surface area (Å²) in [5, 5.41) is 0.572. The van der Waals surface area contributed by atoms with Crippen LogP contribution in [-0.4, -0.2) is 18.5 Å². The van der Waals surface area contributed by atoms with Crippen LogP contribution >= 0.6 is 11.6 Å². The molecular weight excluding hydrogens is 268 g/mol. The lowest BCUT2D eigenvalue weighted by atomic mass is 9.76. The molecule has 2 aliphatic rings. The predicted octanol–water partition coefficient (Wildman–Crippen LogP) is 2.29. The van der Waals surface area contributed by atoms with Crippen LogP contribution in [-0.2, 0) is 25.5 Å². The quantitative estimate of drug-likeness (QED) is 0.780. The fourth-order valence-corrected chi connectivity index (χ4v) is 3.07. The van der Waals surface area contributed by atoms with Gasteiger partial charge in [-0.25, -0.2) is 0 Å². The van der Waals surface area contributed by atoms with Crippen molar-refractivity contribution in [3.63, 3.8) is 0 Å². The first kappa shape index (κ1) is 12.5. The number of halogens is 1. The first-order valence-electron chi connectivity index (χ1n) is 6.27. The molecule has 2 bridgehead atoms. The third-order valence-electron chi connectivity index (χ3n) is 3.72. The summed E-state index contributed by atoms with van der Waals surface area (Å²) >= 11 is 5.98. The number of hydrogen-bond acceptors (Lipinski definition) is 4. The van der Waals surface area contributed by atoms with Crippen molar-refractivity contribution in [3.05, 3.63) is 34.3 Å². The number of ether oxygens (including phenoxy) is 2. The highest BCUT2D eigenvalue weighted by Gasteiger charge is 2.53. The minimum absolute atomic E-state index is 0.297. The summed E-state index contributed by atoms with van der Waals surface area (Å²) in [5.41, 5.74) is 1.85. The molecule has 0 spiro atoms. The monoisotopic (exact) mass is 280 g/mol. The van der Waals surface area contributed by atoms with Gasteiger partial charge in [0, 0.05) is 5.02 Å². The molecule has 100 valence electrons. The zero-order valence-electron chi connectivity index (χ0n) is 10.4. The number of benzene rings is 1. The van der Waals surface area contributed by atoms with Gasteiger partial charge in [0.25, 0.3) is 0 Å². The Hall–Kier alpha value is -1.55. The molecule has 1 aliphatic carbocycles. The average Bonchev–Trinajstić information content (AvgIpc) is 2.62. The molecule has 5 heteroatoms. The van der Waals surface area contributed by atoms with Gasteiger partial charge in [-0.15, -0.1) is 0 Å². The van der Waals surface area contributed by atoms with Gasteiger partial charge in [0.1, 0.15) is 12.0 Å². The largest absolute Gasteiger partial charge is 0.466 e. The number of esters is 2. The molecule has 19 heavy (non-hydrogen) atoms. The highest BCUT2D eigenvalue weighted by atomic mass is 35.5. The van der Waals surface area contributed by atoms with Crippen molar-refractivity contribution in [3.8, 4) is 0 Å². The van der Waals surface area contributed by atoms with E-state index in [9.17, 15) is 9.59 Å². The van der Waals surface area contributed by atoms with E-state index in [1.165, 1.54) is 0 Å². The van der Waals surface area contributed by atoms with Gasteiger partial charge < -0.3 is 9.47 Å². The van der Waals surface area contributed by atoms with E-state index in [2.05, 4.69) is 0 Å². The van der Waals surface area contributed by atoms with E-state index in [-0.39, 0.29) is 11.9 Å². The van der Waals surface area contributed by atoms with Gasteiger partial charge in [-0.1, -0.05) is 17.7 Å². The minimum Gasteiger partial charge on any atom is -0.466 e. The molecule has 0 unspecified atom stereocenters. The van der Waals surface area contributed by atoms with Crippen LogP contribution in [0, 0.1) is 11.8 Å². The highest BCUT2D eigenvalue weighted by Crippen LogP contribution is 2.47. The zero-order valence-corrected chi connectivity index (χ0v) is 11.1. The molecule has 0 saturated carbocycles. The van der Waals surface area contributed by atoms with E-state index in [4.69, 9.17) is 21.1 Å². The molecule has 1 aromatic carbocycles. The van der Waals surface area contributed by atoms with Crippen LogP contribution in [0.15, 0.2) is 18.2 Å². The molecule has 0 radical (unpaired) electrons. The first-order valence-corrected chi connectivity index (χ1v) is 6.65. The second kappa shape index (κ2) is 4.53. The molecule has 3 rings (SSSR count). The normalized spacial score (nSPS) is 27.7. The third-order valence-corrected chi connectivity index (χ3v) is 3.95. The van der Waals surface area contributed by atoms with Gasteiger partial charge in [-0.2, -0.15) is 0 Å². The fourth-order valence-electron chi connectivity index (χ4n) is 2.89. The Morgan fingerprint density at radius 1 is 1.53 bits per heavy atom. The standard InChI is InChI=1S/C14H13ClO4/c1-2-18-14(17)11-10-5-7-3-4-8(15)6-9(7)12(11)19-13(10)16/h3-4,6,10-12H,2,5H2,1H3/t10-,11+,12+/m0/s1. The first-order chi connectivity index (χ1) is 9.11. The average molecular weight is 281 g/mol. The van der Waals surface area contributed by atoms with Crippen LogP contribution in [0.4, 0.5) is 0 Å². The second-order valence-corrected chi connectivity index (χ2v) is 5.23. The van der Waals surface area contributed by atoms with Gasteiger partial charge in [0.15, 0.2) is 0 Å². The molecule has 0 amide bonds. The molecule has 1 saturated heterocycles. The molecule has 4 nitrogen and oxygen atoms in total. The summed E-state index contributed by atoms with van der Waals surface area (Å²) in [6.07, 6.45) is -0.0512. The van der Waals surface area contributed by atoms with Crippen LogP contribution in [0.2, 0.25) is 5.02 Å². The van der Waals surface area contributed by atoms with Crippen LogP contribution in [0.25, 0.3) is 0 Å². The Balaban J connectivity index is 2.02. The second-order valence-electron chi connectivity index (χ2n) is 4.79. The Bertz CT molecular complexity index is 554. The van der Waals surface area contributed by atoms with Crippen molar-refractivity contribution in [2.24, 2.45) is 11.8 Å². The molecule has 1 aliphatic heterocycles. The Kier molecular flexibility index (Phi) is 2.97. The summed E-state index contributed by atoms with van der Waals surface area (Å²) < 4.78 is 10.4. The maximum Gasteiger partial charge on any atom is 0.313 e.